The first-order valence-corrected chi connectivity index (χ1v) is 9.61. The van der Waals surface area contributed by atoms with Gasteiger partial charge in [-0.3, -0.25) is 0 Å². The van der Waals surface area contributed by atoms with Crippen molar-refractivity contribution in [2.75, 3.05) is 30.9 Å². The summed E-state index contributed by atoms with van der Waals surface area (Å²) in [6, 6.07) is 5.62. The highest BCUT2D eigenvalue weighted by Gasteiger charge is 2.21. The molecule has 1 atom stereocenters. The van der Waals surface area contributed by atoms with Gasteiger partial charge in [0.25, 0.3) is 0 Å². The Morgan fingerprint density at radius 3 is 2.30 bits per heavy atom. The molecule has 0 aromatic heterocycles. The maximum atomic E-state index is 12.7. The van der Waals surface area contributed by atoms with Gasteiger partial charge in [0.05, 0.1) is 0 Å². The smallest absolute Gasteiger partial charge is 0.319 e. The molecule has 0 saturated heterocycles. The van der Waals surface area contributed by atoms with Crippen molar-refractivity contribution < 1.29 is 9.59 Å². The molecule has 1 rings (SSSR count). The average molecular weight is 378 g/mol. The van der Waals surface area contributed by atoms with Crippen molar-refractivity contribution in [3.05, 3.63) is 23.8 Å². The predicted molar refractivity (Wildman–Crippen MR) is 112 cm³/mol. The van der Waals surface area contributed by atoms with E-state index in [1.165, 1.54) is 0 Å². The van der Waals surface area contributed by atoms with Crippen LogP contribution < -0.4 is 20.9 Å². The number of hydrogen-bond acceptors (Lipinski definition) is 3. The fourth-order valence-corrected chi connectivity index (χ4v) is 2.72. The zero-order chi connectivity index (χ0) is 20.6. The fraction of sp³-hybridized carbons (Fsp3) is 0.600. The van der Waals surface area contributed by atoms with Gasteiger partial charge in [-0.05, 0) is 57.9 Å². The number of nitrogens with one attached hydrogen (secondary N) is 3. The average Bonchev–Trinajstić information content (AvgIpc) is 2.58. The number of rotatable bonds is 8. The minimum atomic E-state index is -0.239. The minimum absolute atomic E-state index is 0.0723. The lowest BCUT2D eigenvalue weighted by Gasteiger charge is -2.31. The van der Waals surface area contributed by atoms with E-state index in [0.29, 0.717) is 18.8 Å². The van der Waals surface area contributed by atoms with Crippen LogP contribution >= 0.6 is 0 Å². The maximum absolute atomic E-state index is 12.7. The highest BCUT2D eigenvalue weighted by molar-refractivity contribution is 5.89. The van der Waals surface area contributed by atoms with Gasteiger partial charge in [-0.15, -0.1) is 0 Å². The first kappa shape index (κ1) is 22.6. The van der Waals surface area contributed by atoms with Crippen LogP contribution in [0.5, 0.6) is 0 Å². The second-order valence-electron chi connectivity index (χ2n) is 7.21. The Morgan fingerprint density at radius 2 is 1.78 bits per heavy atom. The molecule has 152 valence electrons. The number of anilines is 2. The summed E-state index contributed by atoms with van der Waals surface area (Å²) in [6.07, 6.45) is 0.861. The van der Waals surface area contributed by atoms with Gasteiger partial charge in [-0.25, -0.2) is 9.59 Å². The van der Waals surface area contributed by atoms with Gasteiger partial charge < -0.3 is 25.8 Å². The Bertz CT molecular complexity index is 631. The molecule has 0 bridgehead atoms. The molecular formula is C20H35N5O2. The number of urea groups is 2. The van der Waals surface area contributed by atoms with E-state index in [4.69, 9.17) is 0 Å². The molecule has 0 saturated carbocycles. The van der Waals surface area contributed by atoms with Crippen molar-refractivity contribution in [3.8, 4) is 0 Å². The normalized spacial score (nSPS) is 11.7. The molecule has 1 aromatic carbocycles. The standard InChI is InChI=1S/C20H35N5O2/c1-8-15(5)25(20(27)22-14(3)4)13-16-12-17(23-19(26)21-9-2)10-11-18(16)24(6)7/h10-12,14-15H,8-9,13H2,1-7H3,(H,22,27)(H2,21,23,26). The van der Waals surface area contributed by atoms with Gasteiger partial charge in [-0.2, -0.15) is 0 Å². The van der Waals surface area contributed by atoms with Gasteiger partial charge in [-0.1, -0.05) is 6.92 Å². The zero-order valence-corrected chi connectivity index (χ0v) is 17.7. The third-order valence-corrected chi connectivity index (χ3v) is 4.29. The van der Waals surface area contributed by atoms with Crippen LogP contribution in [-0.4, -0.2) is 49.7 Å². The Kier molecular flexibility index (Phi) is 8.91. The molecule has 0 aliphatic carbocycles. The van der Waals surface area contributed by atoms with Crippen LogP contribution in [0.2, 0.25) is 0 Å². The number of hydrogen-bond donors (Lipinski definition) is 3. The van der Waals surface area contributed by atoms with Gasteiger partial charge >= 0.3 is 12.1 Å². The monoisotopic (exact) mass is 377 g/mol. The molecular weight excluding hydrogens is 342 g/mol. The second-order valence-corrected chi connectivity index (χ2v) is 7.21. The molecule has 27 heavy (non-hydrogen) atoms. The summed E-state index contributed by atoms with van der Waals surface area (Å²) in [5.41, 5.74) is 2.70. The van der Waals surface area contributed by atoms with Crippen LogP contribution in [0.15, 0.2) is 18.2 Å². The number of nitrogens with zero attached hydrogens (tertiary/aromatic N) is 2. The second kappa shape index (κ2) is 10.6. The van der Waals surface area contributed by atoms with Crippen LogP contribution in [0.1, 0.15) is 46.6 Å². The lowest BCUT2D eigenvalue weighted by molar-refractivity contribution is 0.171. The highest BCUT2D eigenvalue weighted by atomic mass is 16.2. The third-order valence-electron chi connectivity index (χ3n) is 4.29. The number of amides is 4. The van der Waals surface area contributed by atoms with E-state index < -0.39 is 0 Å². The van der Waals surface area contributed by atoms with Gasteiger partial charge in [0, 0.05) is 50.6 Å². The van der Waals surface area contributed by atoms with Gasteiger partial charge in [0.1, 0.15) is 0 Å². The van der Waals surface area contributed by atoms with E-state index in [1.54, 1.807) is 0 Å². The first-order valence-electron chi connectivity index (χ1n) is 9.61. The van der Waals surface area contributed by atoms with E-state index in [9.17, 15) is 9.59 Å². The summed E-state index contributed by atoms with van der Waals surface area (Å²) in [4.78, 5) is 28.4. The third kappa shape index (κ3) is 7.00. The van der Waals surface area contributed by atoms with Crippen molar-refractivity contribution in [2.24, 2.45) is 0 Å². The Balaban J connectivity index is 3.17. The van der Waals surface area contributed by atoms with Crippen LogP contribution in [0.4, 0.5) is 21.0 Å². The molecule has 4 amide bonds. The van der Waals surface area contributed by atoms with E-state index in [2.05, 4.69) is 22.9 Å². The summed E-state index contributed by atoms with van der Waals surface area (Å²) in [5.74, 6) is 0. The predicted octanol–water partition coefficient (Wildman–Crippen LogP) is 3.61. The zero-order valence-electron chi connectivity index (χ0n) is 17.7. The fourth-order valence-electron chi connectivity index (χ4n) is 2.72. The van der Waals surface area contributed by atoms with Crippen molar-refractivity contribution >= 4 is 23.4 Å². The van der Waals surface area contributed by atoms with Crippen molar-refractivity contribution in [1.29, 1.82) is 0 Å². The molecule has 0 fully saturated rings. The van der Waals surface area contributed by atoms with Crippen LogP contribution in [0, 0.1) is 0 Å². The van der Waals surface area contributed by atoms with Crippen LogP contribution in [0.3, 0.4) is 0 Å². The lowest BCUT2D eigenvalue weighted by atomic mass is 10.1. The summed E-state index contributed by atoms with van der Waals surface area (Å²) in [6.45, 7) is 10.9. The SMILES string of the molecule is CCNC(=O)Nc1ccc(N(C)C)c(CN(C(=O)NC(C)C)C(C)CC)c1. The lowest BCUT2D eigenvalue weighted by Crippen LogP contribution is -2.46. The molecule has 0 heterocycles. The molecule has 7 nitrogen and oxygen atoms in total. The summed E-state index contributed by atoms with van der Waals surface area (Å²) < 4.78 is 0. The molecule has 0 radical (unpaired) electrons. The molecule has 0 aliphatic rings. The molecule has 0 aliphatic heterocycles. The Morgan fingerprint density at radius 1 is 1.11 bits per heavy atom. The summed E-state index contributed by atoms with van der Waals surface area (Å²) >= 11 is 0. The quantitative estimate of drug-likeness (QED) is 0.648. The highest BCUT2D eigenvalue weighted by Crippen LogP contribution is 2.25. The van der Waals surface area contributed by atoms with Crippen LogP contribution in [-0.2, 0) is 6.54 Å². The number of benzene rings is 1. The number of carbonyl (C=O) groups excluding carboxylic acids is 2. The largest absolute Gasteiger partial charge is 0.377 e. The van der Waals surface area contributed by atoms with E-state index in [1.807, 2.05) is 69.8 Å². The van der Waals surface area contributed by atoms with E-state index in [0.717, 1.165) is 17.7 Å². The minimum Gasteiger partial charge on any atom is -0.377 e. The van der Waals surface area contributed by atoms with Crippen molar-refractivity contribution in [1.82, 2.24) is 15.5 Å². The Labute approximate surface area is 163 Å². The van der Waals surface area contributed by atoms with Crippen LogP contribution in [0.25, 0.3) is 0 Å². The van der Waals surface area contributed by atoms with Gasteiger partial charge in [0.15, 0.2) is 0 Å². The molecule has 0 spiro atoms. The van der Waals surface area contributed by atoms with Crippen molar-refractivity contribution in [3.63, 3.8) is 0 Å². The topological polar surface area (TPSA) is 76.7 Å². The van der Waals surface area contributed by atoms with E-state index >= 15 is 0 Å². The first-order chi connectivity index (χ1) is 12.7. The molecule has 7 heteroatoms. The summed E-state index contributed by atoms with van der Waals surface area (Å²) in [5, 5.41) is 8.55. The summed E-state index contributed by atoms with van der Waals surface area (Å²) in [7, 11) is 3.94. The molecule has 1 aromatic rings. The van der Waals surface area contributed by atoms with E-state index in [-0.39, 0.29) is 24.1 Å². The molecule has 1 unspecified atom stereocenters. The van der Waals surface area contributed by atoms with Gasteiger partial charge in [0.2, 0.25) is 0 Å². The molecule has 3 N–H and O–H groups in total. The Hall–Kier alpha value is -2.44. The van der Waals surface area contributed by atoms with Crippen molar-refractivity contribution in [2.45, 2.75) is 59.7 Å². The maximum Gasteiger partial charge on any atom is 0.319 e. The number of carbonyl (C=O) groups is 2.